The van der Waals surface area contributed by atoms with Gasteiger partial charge < -0.3 is 0 Å². The summed E-state index contributed by atoms with van der Waals surface area (Å²) in [5, 5.41) is 0. The van der Waals surface area contributed by atoms with Crippen molar-refractivity contribution in [1.29, 1.82) is 0 Å². The minimum absolute atomic E-state index is 0.0457. The van der Waals surface area contributed by atoms with Crippen LogP contribution in [-0.4, -0.2) is 0 Å². The zero-order chi connectivity index (χ0) is 62.9. The second-order valence-electron chi connectivity index (χ2n) is 29.5. The molecule has 0 unspecified atom stereocenters. The van der Waals surface area contributed by atoms with Crippen molar-refractivity contribution in [3.63, 3.8) is 0 Å². The fourth-order valence-corrected chi connectivity index (χ4v) is 13.9. The molecule has 0 aliphatic heterocycles. The third kappa shape index (κ3) is 11.3. The van der Waals surface area contributed by atoms with Crippen molar-refractivity contribution in [1.82, 2.24) is 0 Å². The Morgan fingerprint density at radius 1 is 0.211 bits per heavy atom. The quantitative estimate of drug-likeness (QED) is 0.128. The molecule has 0 radical (unpaired) electrons. The summed E-state index contributed by atoms with van der Waals surface area (Å²) in [5.41, 5.74) is 32.8. The van der Waals surface area contributed by atoms with Crippen LogP contribution in [0.25, 0.3) is 100 Å². The monoisotopic (exact) mass is 1160 g/mol. The van der Waals surface area contributed by atoms with Crippen LogP contribution in [-0.2, 0) is 27.1 Å². The second-order valence-corrected chi connectivity index (χ2v) is 29.5. The molecule has 0 bridgehead atoms. The molecule has 0 amide bonds. The van der Waals surface area contributed by atoms with Gasteiger partial charge in [0.2, 0.25) is 0 Å². The van der Waals surface area contributed by atoms with E-state index in [0.29, 0.717) is 0 Å². The highest BCUT2D eigenvalue weighted by molar-refractivity contribution is 5.98. The van der Waals surface area contributed by atoms with Crippen LogP contribution in [0.1, 0.15) is 133 Å². The van der Waals surface area contributed by atoms with Gasteiger partial charge in [0.1, 0.15) is 0 Å². The Morgan fingerprint density at radius 2 is 0.489 bits per heavy atom. The Balaban J connectivity index is 1.05. The molecule has 0 heteroatoms. The number of rotatable bonds is 10. The Kier molecular flexibility index (Phi) is 15.2. The first-order valence-electron chi connectivity index (χ1n) is 32.4. The molecule has 0 saturated heterocycles. The third-order valence-electron chi connectivity index (χ3n) is 19.1. The zero-order valence-corrected chi connectivity index (χ0v) is 55.0. The lowest BCUT2D eigenvalue weighted by Crippen LogP contribution is -2.28. The summed E-state index contributed by atoms with van der Waals surface area (Å²) in [5.74, 6) is 0. The first kappa shape index (κ1) is 59.6. The van der Waals surface area contributed by atoms with E-state index in [1.165, 1.54) is 150 Å². The normalized spacial score (nSPS) is 13.0. The van der Waals surface area contributed by atoms with Gasteiger partial charge in [0.25, 0.3) is 0 Å². The standard InChI is InChI=1S/C90H84/c1-59-22-17-32-82-84(59)85-81(68-28-18-25-65(50-68)60-23-15-14-16-24-60)31-21-33-83(85)90(82,79-29-19-26-66(57-79)73-53-69(61-34-42-75(43-35-61)86(2,3)4)51-70(54-73)62-36-44-76(45-37-62)87(5,6)7)80-30-20-27-67(58-80)74-55-71(63-38-46-77(47-39-63)88(8,9)10)52-72(56-74)64-40-48-78(49-41-64)89(11,12)13/h14-58H,1-13H3. The molecule has 0 saturated carbocycles. The molecule has 0 N–H and O–H groups in total. The molecule has 0 heterocycles. The van der Waals surface area contributed by atoms with E-state index in [4.69, 9.17) is 0 Å². The van der Waals surface area contributed by atoms with Crippen LogP contribution >= 0.6 is 0 Å². The summed E-state index contributed by atoms with van der Waals surface area (Å²) in [6.07, 6.45) is 0. The molecule has 90 heavy (non-hydrogen) atoms. The number of benzene rings is 12. The first-order chi connectivity index (χ1) is 43.0. The summed E-state index contributed by atoms with van der Waals surface area (Å²) < 4.78 is 0. The molecule has 0 nitrogen and oxygen atoms in total. The molecule has 12 aromatic carbocycles. The highest BCUT2D eigenvalue weighted by Gasteiger charge is 2.48. The summed E-state index contributed by atoms with van der Waals surface area (Å²) >= 11 is 0. The van der Waals surface area contributed by atoms with Gasteiger partial charge in [0.05, 0.1) is 5.41 Å². The fourth-order valence-electron chi connectivity index (χ4n) is 13.9. The average molecular weight is 1170 g/mol. The lowest BCUT2D eigenvalue weighted by Gasteiger charge is -2.35. The van der Waals surface area contributed by atoms with Crippen LogP contribution < -0.4 is 0 Å². The van der Waals surface area contributed by atoms with Crippen molar-refractivity contribution in [2.75, 3.05) is 0 Å². The molecule has 0 spiro atoms. The summed E-state index contributed by atoms with van der Waals surface area (Å²) in [4.78, 5) is 0. The largest absolute Gasteiger partial charge is 0.0714 e. The molecule has 0 fully saturated rings. The maximum atomic E-state index is 2.52. The van der Waals surface area contributed by atoms with Gasteiger partial charge in [0, 0.05) is 0 Å². The fraction of sp³-hybridized carbons (Fsp3) is 0.200. The van der Waals surface area contributed by atoms with Crippen molar-refractivity contribution in [3.05, 3.63) is 323 Å². The van der Waals surface area contributed by atoms with Gasteiger partial charge in [-0.2, -0.15) is 0 Å². The minimum atomic E-state index is -0.742. The van der Waals surface area contributed by atoms with Gasteiger partial charge in [-0.15, -0.1) is 0 Å². The van der Waals surface area contributed by atoms with E-state index in [9.17, 15) is 0 Å². The molecule has 444 valence electrons. The number of hydrogen-bond acceptors (Lipinski definition) is 0. The summed E-state index contributed by atoms with van der Waals surface area (Å²) in [6, 6.07) is 105. The van der Waals surface area contributed by atoms with Gasteiger partial charge in [-0.3, -0.25) is 0 Å². The molecule has 1 aliphatic carbocycles. The summed E-state index contributed by atoms with van der Waals surface area (Å²) in [7, 11) is 0. The molecule has 12 aromatic rings. The third-order valence-corrected chi connectivity index (χ3v) is 19.1. The number of hydrogen-bond donors (Lipinski definition) is 0. The molecule has 1 aliphatic rings. The van der Waals surface area contributed by atoms with Gasteiger partial charge >= 0.3 is 0 Å². The van der Waals surface area contributed by atoms with E-state index in [-0.39, 0.29) is 21.7 Å². The first-order valence-corrected chi connectivity index (χ1v) is 32.4. The van der Waals surface area contributed by atoms with Gasteiger partial charge in [-0.05, 0) is 233 Å². The van der Waals surface area contributed by atoms with Crippen molar-refractivity contribution < 1.29 is 0 Å². The Morgan fingerprint density at radius 3 is 0.867 bits per heavy atom. The van der Waals surface area contributed by atoms with E-state index in [0.717, 1.165) is 0 Å². The molecule has 0 aromatic heterocycles. The lowest BCUT2D eigenvalue weighted by molar-refractivity contribution is 0.590. The van der Waals surface area contributed by atoms with Crippen molar-refractivity contribution >= 4 is 0 Å². The maximum absolute atomic E-state index is 2.52. The van der Waals surface area contributed by atoms with E-state index in [2.05, 4.69) is 363 Å². The van der Waals surface area contributed by atoms with Gasteiger partial charge in [0.15, 0.2) is 0 Å². The highest BCUT2D eigenvalue weighted by atomic mass is 14.5. The number of fused-ring (bicyclic) bond motifs is 3. The predicted molar refractivity (Wildman–Crippen MR) is 387 cm³/mol. The molecule has 0 atom stereocenters. The Hall–Kier alpha value is -9.36. The SMILES string of the molecule is Cc1cccc2c1-c1c(-c3cccc(-c4ccccc4)c3)cccc1C2(c1cccc(-c2cc(-c3ccc(C(C)(C)C)cc3)cc(-c3ccc(C(C)(C)C)cc3)c2)c1)c1cccc(-c2cc(-c3ccc(C(C)(C)C)cc3)cc(-c3ccc(C(C)(C)C)cc3)c2)c1. The van der Waals surface area contributed by atoms with Crippen LogP contribution in [0.4, 0.5) is 0 Å². The predicted octanol–water partition coefficient (Wildman–Crippen LogP) is 24.9. The van der Waals surface area contributed by atoms with Crippen LogP contribution in [0.3, 0.4) is 0 Å². The van der Waals surface area contributed by atoms with Crippen molar-refractivity contribution in [3.8, 4) is 100 Å². The molecule has 13 rings (SSSR count). The maximum Gasteiger partial charge on any atom is 0.0714 e. The van der Waals surface area contributed by atoms with E-state index in [1.807, 2.05) is 0 Å². The van der Waals surface area contributed by atoms with E-state index < -0.39 is 5.41 Å². The Labute approximate surface area is 537 Å². The Bertz CT molecular complexity index is 4260. The molecular weight excluding hydrogens is 1080 g/mol. The van der Waals surface area contributed by atoms with E-state index >= 15 is 0 Å². The second kappa shape index (κ2) is 22.9. The van der Waals surface area contributed by atoms with E-state index in [1.54, 1.807) is 0 Å². The van der Waals surface area contributed by atoms with Crippen LogP contribution in [0.15, 0.2) is 273 Å². The van der Waals surface area contributed by atoms with Crippen LogP contribution in [0, 0.1) is 6.92 Å². The lowest BCUT2D eigenvalue weighted by atomic mass is 9.66. The van der Waals surface area contributed by atoms with Crippen molar-refractivity contribution in [2.45, 2.75) is 117 Å². The van der Waals surface area contributed by atoms with Gasteiger partial charge in [-0.25, -0.2) is 0 Å². The molecular formula is C90H84. The number of aryl methyl sites for hydroxylation is 1. The highest BCUT2D eigenvalue weighted by Crippen LogP contribution is 2.60. The topological polar surface area (TPSA) is 0 Å². The van der Waals surface area contributed by atoms with Gasteiger partial charge in [-0.1, -0.05) is 301 Å². The van der Waals surface area contributed by atoms with Crippen molar-refractivity contribution in [2.24, 2.45) is 0 Å². The smallest absolute Gasteiger partial charge is 0.0622 e. The average Bonchev–Trinajstić information content (AvgIpc) is 1.51. The summed E-state index contributed by atoms with van der Waals surface area (Å²) in [6.45, 7) is 29.8. The van der Waals surface area contributed by atoms with Crippen LogP contribution in [0.2, 0.25) is 0 Å². The van der Waals surface area contributed by atoms with Crippen LogP contribution in [0.5, 0.6) is 0 Å². The zero-order valence-electron chi connectivity index (χ0n) is 55.0. The minimum Gasteiger partial charge on any atom is -0.0622 e.